The highest BCUT2D eigenvalue weighted by Gasteiger charge is 2.35. The number of nitrogen functional groups attached to an aromatic ring is 1. The van der Waals surface area contributed by atoms with Crippen molar-refractivity contribution < 1.29 is 67.0 Å². The normalized spacial score (nSPS) is 11.5. The van der Waals surface area contributed by atoms with Crippen molar-refractivity contribution in [1.29, 1.82) is 0 Å². The van der Waals surface area contributed by atoms with Gasteiger partial charge in [0.25, 0.3) is 5.91 Å². The molecular weight excluding hydrogens is 1450 g/mol. The van der Waals surface area contributed by atoms with Crippen molar-refractivity contribution in [1.82, 2.24) is 88.9 Å². The smallest absolute Gasteiger partial charge is 0.417 e. The van der Waals surface area contributed by atoms with Crippen molar-refractivity contribution in [3.8, 4) is 46.2 Å². The van der Waals surface area contributed by atoms with Crippen LogP contribution in [-0.2, 0) is 24.7 Å². The minimum atomic E-state index is -4.65. The molecule has 5 N–H and O–H groups in total. The molecule has 13 aromatic heterocycles. The number of nitrogens with zero attached hydrogens (tertiary/aromatic N) is 18. The Bertz CT molecular complexity index is 4940. The lowest BCUT2D eigenvalue weighted by Crippen LogP contribution is -2.17. The van der Waals surface area contributed by atoms with Gasteiger partial charge in [-0.2, -0.15) is 52.7 Å². The zero-order valence-corrected chi connectivity index (χ0v) is 54.8. The van der Waals surface area contributed by atoms with Crippen LogP contribution in [0.5, 0.6) is 11.8 Å². The highest BCUT2D eigenvalue weighted by atomic mass is 35.5. The van der Waals surface area contributed by atoms with Crippen LogP contribution in [0.1, 0.15) is 44.1 Å². The van der Waals surface area contributed by atoms with Gasteiger partial charge in [0.1, 0.15) is 43.6 Å². The summed E-state index contributed by atoms with van der Waals surface area (Å²) in [5.74, 6) is 0.657. The van der Waals surface area contributed by atoms with Gasteiger partial charge in [0, 0.05) is 48.3 Å². The van der Waals surface area contributed by atoms with Crippen molar-refractivity contribution in [2.24, 2.45) is 0 Å². The van der Waals surface area contributed by atoms with E-state index in [4.69, 9.17) is 50.0 Å². The fourth-order valence-corrected chi connectivity index (χ4v) is 9.00. The molecule has 0 bridgehead atoms. The second-order valence-electron chi connectivity index (χ2n) is 20.8. The molecule has 40 heteroatoms. The highest BCUT2D eigenvalue weighted by molar-refractivity contribution is 6.29. The third-order valence-electron chi connectivity index (χ3n) is 13.6. The predicted molar refractivity (Wildman–Crippen MR) is 351 cm³/mol. The molecule has 13 heterocycles. The van der Waals surface area contributed by atoms with Crippen LogP contribution >= 0.6 is 34.8 Å². The van der Waals surface area contributed by atoms with E-state index in [1.165, 1.54) is 51.4 Å². The molecule has 0 radical (unpaired) electrons. The summed E-state index contributed by atoms with van der Waals surface area (Å²) in [6.07, 6.45) is -1.50. The number of methoxy groups -OCH3 is 2. The van der Waals surface area contributed by atoms with E-state index in [1.807, 2.05) is 13.8 Å². The summed E-state index contributed by atoms with van der Waals surface area (Å²) in [6, 6.07) is 17.0. The average Bonchev–Trinajstić information content (AvgIpc) is 1.62. The summed E-state index contributed by atoms with van der Waals surface area (Å²) in [5, 5.41) is 8.38. The lowest BCUT2D eigenvalue weighted by atomic mass is 10.2. The maximum absolute atomic E-state index is 13.1. The molecule has 1 amide bonds. The largest absolute Gasteiger partial charge is 0.481 e. The van der Waals surface area contributed by atoms with Crippen LogP contribution in [0.2, 0.25) is 15.5 Å². The predicted octanol–water partition coefficient (Wildman–Crippen LogP) is 15.3. The molecule has 0 aromatic carbocycles. The molecule has 0 fully saturated rings. The van der Waals surface area contributed by atoms with Crippen LogP contribution in [0.15, 0.2) is 160 Å². The molecule has 0 aliphatic carbocycles. The first-order chi connectivity index (χ1) is 48.8. The number of hydrogen-bond acceptors (Lipinski definition) is 22. The minimum absolute atomic E-state index is 0.0276. The summed E-state index contributed by atoms with van der Waals surface area (Å²) in [7, 11) is 2.92. The number of anilines is 6. The van der Waals surface area contributed by atoms with E-state index in [2.05, 4.69) is 95.7 Å². The number of hydrogen-bond donors (Lipinski definition) is 4. The van der Waals surface area contributed by atoms with Crippen LogP contribution in [0.3, 0.4) is 0 Å². The summed E-state index contributed by atoms with van der Waals surface area (Å²) < 4.78 is 168. The fourth-order valence-electron chi connectivity index (χ4n) is 8.71. The second kappa shape index (κ2) is 30.8. The van der Waals surface area contributed by atoms with Crippen LogP contribution in [0, 0.1) is 13.8 Å². The molecule has 0 unspecified atom stereocenters. The van der Waals surface area contributed by atoms with Crippen molar-refractivity contribution in [2.45, 2.75) is 38.6 Å². The van der Waals surface area contributed by atoms with Gasteiger partial charge >= 0.3 is 24.7 Å². The summed E-state index contributed by atoms with van der Waals surface area (Å²) in [4.78, 5) is 76.6. The quantitative estimate of drug-likeness (QED) is 0.0826. The Kier molecular flexibility index (Phi) is 22.0. The van der Waals surface area contributed by atoms with E-state index in [0.29, 0.717) is 52.1 Å². The molecule has 0 aliphatic heterocycles. The van der Waals surface area contributed by atoms with Gasteiger partial charge in [-0.1, -0.05) is 34.8 Å². The number of ether oxygens (including phenoxy) is 2. The number of nitrogens with one attached hydrogen (secondary N) is 3. The molecule has 13 aromatic rings. The average molecular weight is 1490 g/mol. The number of carbonyl (C=O) groups excluding carboxylic acids is 1. The monoisotopic (exact) mass is 1490 g/mol. The Hall–Kier alpha value is -12.1. The number of aryl methyl sites for hydroxylation is 2. The standard InChI is InChI=1S/C17H12ClF3N6O2.2C17H10ClF3N6.C12H11F3N4O/c1-29-14-3-2-10(6-24-14)26-15-11(4-9(5-25-15)17(19,20)21)27-16(28)12-7-23-13(18)8-22-12;2*1-9-2-3-11(6-22-9)27-15-12(4-10(5-25-15)17(19,20)21)26-16(27)13-7-24-14(18)8-23-13;1-20-10-3-2-8(6-17-10)19-11-9(16)4-7(5-18-11)12(13,14)15/h2-8H,1H3,(H,25,26)(H,27,28);2*2-8H,1H3;2-6H,16H2,1H3,(H,18,19). The topological polar surface area (TPSA) is 314 Å². The number of imidazole rings is 2. The molecular formula is C63H43Cl3F12N22O3. The maximum Gasteiger partial charge on any atom is 0.417 e. The first-order valence-corrected chi connectivity index (χ1v) is 29.9. The molecule has 13 rings (SSSR count). The van der Waals surface area contributed by atoms with Gasteiger partial charge in [-0.3, -0.25) is 23.9 Å². The number of alkyl halides is 12. The zero-order valence-electron chi connectivity index (χ0n) is 52.5. The molecule has 25 nitrogen and oxygen atoms in total. The van der Waals surface area contributed by atoms with E-state index < -0.39 is 52.9 Å². The van der Waals surface area contributed by atoms with Gasteiger partial charge in [-0.15, -0.1) is 0 Å². The van der Waals surface area contributed by atoms with Gasteiger partial charge in [-0.25, -0.2) is 69.8 Å². The molecule has 0 atom stereocenters. The summed E-state index contributed by atoms with van der Waals surface area (Å²) in [6.45, 7) is 3.66. The minimum Gasteiger partial charge on any atom is -0.481 e. The molecule has 0 spiro atoms. The van der Waals surface area contributed by atoms with Gasteiger partial charge in [-0.05, 0) is 74.5 Å². The van der Waals surface area contributed by atoms with Crippen LogP contribution < -0.4 is 31.2 Å². The lowest BCUT2D eigenvalue weighted by Gasteiger charge is -2.15. The van der Waals surface area contributed by atoms with Crippen molar-refractivity contribution in [3.05, 3.63) is 214 Å². The van der Waals surface area contributed by atoms with Crippen molar-refractivity contribution in [2.75, 3.05) is 35.9 Å². The van der Waals surface area contributed by atoms with E-state index in [1.54, 1.807) is 70.1 Å². The molecule has 0 saturated carbocycles. The zero-order chi connectivity index (χ0) is 74.1. The number of halogens is 15. The Morgan fingerprint density at radius 3 is 1.20 bits per heavy atom. The second-order valence-corrected chi connectivity index (χ2v) is 22.0. The molecule has 0 aliphatic rings. The SMILES string of the molecule is COc1ccc(Nc2ncc(C(F)(F)F)cc2N)cn1.COc1ccc(Nc2ncc(C(F)(F)F)cc2NC(=O)c2cnc(Cl)cn2)cn1.Cc1ccc(-n2c(-c3cnc(Cl)cn3)nc3cc(C(F)(F)F)cnc32)cn1.Cc1ccc(-n2c(-c3cnc(Cl)cn3)nc3cc(C(F)(F)F)cnc32)cn1. The van der Waals surface area contributed by atoms with Crippen molar-refractivity contribution >= 4 is 97.4 Å². The lowest BCUT2D eigenvalue weighted by molar-refractivity contribution is -0.138. The Labute approximate surface area is 585 Å². The Morgan fingerprint density at radius 1 is 0.427 bits per heavy atom. The van der Waals surface area contributed by atoms with Crippen LogP contribution in [0.4, 0.5) is 87.1 Å². The van der Waals surface area contributed by atoms with Crippen LogP contribution in [-0.4, -0.2) is 109 Å². The third kappa shape index (κ3) is 18.5. The number of amides is 1. The van der Waals surface area contributed by atoms with E-state index in [0.717, 1.165) is 66.6 Å². The Balaban J connectivity index is 0.000000149. The van der Waals surface area contributed by atoms with Gasteiger partial charge in [0.2, 0.25) is 11.8 Å². The highest BCUT2D eigenvalue weighted by Crippen LogP contribution is 2.38. The van der Waals surface area contributed by atoms with E-state index in [9.17, 15) is 57.5 Å². The number of aromatic nitrogens is 18. The maximum atomic E-state index is 13.1. The van der Waals surface area contributed by atoms with Crippen LogP contribution in [0.25, 0.3) is 56.7 Å². The third-order valence-corrected chi connectivity index (χ3v) is 14.2. The summed E-state index contributed by atoms with van der Waals surface area (Å²) >= 11 is 17.2. The number of rotatable bonds is 12. The summed E-state index contributed by atoms with van der Waals surface area (Å²) in [5.41, 5.74) is 6.47. The number of nitrogens with two attached hydrogens (primary N) is 1. The Morgan fingerprint density at radius 2 is 0.835 bits per heavy atom. The first kappa shape index (κ1) is 73.6. The van der Waals surface area contributed by atoms with Crippen molar-refractivity contribution in [3.63, 3.8) is 0 Å². The molecule has 0 saturated heterocycles. The van der Waals surface area contributed by atoms with Gasteiger partial charge in [0.15, 0.2) is 34.6 Å². The molecule has 528 valence electrons. The first-order valence-electron chi connectivity index (χ1n) is 28.8. The molecule has 103 heavy (non-hydrogen) atoms. The number of pyridine rings is 8. The number of fused-ring (bicyclic) bond motifs is 2. The fraction of sp³-hybridized carbons (Fsp3) is 0.127. The van der Waals surface area contributed by atoms with E-state index >= 15 is 0 Å². The number of carbonyl (C=O) groups is 1. The van der Waals surface area contributed by atoms with Gasteiger partial charge < -0.3 is 31.2 Å². The van der Waals surface area contributed by atoms with Gasteiger partial charge in [0.05, 0.1) is 133 Å². The van der Waals surface area contributed by atoms with E-state index in [-0.39, 0.29) is 78.1 Å².